The van der Waals surface area contributed by atoms with Gasteiger partial charge < -0.3 is 5.73 Å². The van der Waals surface area contributed by atoms with E-state index in [4.69, 9.17) is 5.73 Å². The van der Waals surface area contributed by atoms with Crippen LogP contribution in [0.5, 0.6) is 0 Å². The minimum atomic E-state index is 0.286. The summed E-state index contributed by atoms with van der Waals surface area (Å²) in [5.74, 6) is 0. The average Bonchev–Trinajstić information content (AvgIpc) is 1.86. The summed E-state index contributed by atoms with van der Waals surface area (Å²) in [6, 6.07) is 0. The Bertz CT molecular complexity index is 145. The second-order valence-corrected chi connectivity index (χ2v) is 4.42. The number of hydrogen-bond donors (Lipinski definition) is 1. The molecule has 2 bridgehead atoms. The standard InChI is InChI=1S/C9H17N/c1-2-8-4-3-5-9(10,6-8)7-8/h2-7,10H2,1H3. The van der Waals surface area contributed by atoms with E-state index in [2.05, 4.69) is 6.92 Å². The molecule has 0 aliphatic heterocycles. The highest BCUT2D eigenvalue weighted by molar-refractivity contribution is 5.09. The third-order valence-corrected chi connectivity index (χ3v) is 3.59. The van der Waals surface area contributed by atoms with Gasteiger partial charge in [0.05, 0.1) is 0 Å². The smallest absolute Gasteiger partial charge is 0.0165 e. The molecule has 2 N–H and O–H groups in total. The van der Waals surface area contributed by atoms with E-state index in [1.165, 1.54) is 38.5 Å². The van der Waals surface area contributed by atoms with E-state index in [1.54, 1.807) is 0 Å². The predicted octanol–water partition coefficient (Wildman–Crippen LogP) is 2.06. The van der Waals surface area contributed by atoms with Crippen LogP contribution in [0.1, 0.15) is 45.4 Å². The van der Waals surface area contributed by atoms with Gasteiger partial charge in [0.15, 0.2) is 0 Å². The molecule has 3 aliphatic carbocycles. The number of nitrogens with two attached hydrogens (primary N) is 1. The van der Waals surface area contributed by atoms with Crippen LogP contribution in [0.4, 0.5) is 0 Å². The summed E-state index contributed by atoms with van der Waals surface area (Å²) < 4.78 is 0. The Labute approximate surface area is 63.0 Å². The second kappa shape index (κ2) is 1.76. The third-order valence-electron chi connectivity index (χ3n) is 3.59. The molecule has 0 unspecified atom stereocenters. The van der Waals surface area contributed by atoms with Crippen LogP contribution in [0.15, 0.2) is 0 Å². The molecule has 3 rings (SSSR count). The molecule has 3 fully saturated rings. The molecular formula is C9H17N. The lowest BCUT2D eigenvalue weighted by molar-refractivity contribution is -0.0318. The van der Waals surface area contributed by atoms with Gasteiger partial charge >= 0.3 is 0 Å². The highest BCUT2D eigenvalue weighted by atomic mass is 14.8. The van der Waals surface area contributed by atoms with E-state index in [0.717, 1.165) is 0 Å². The summed E-state index contributed by atoms with van der Waals surface area (Å²) in [5.41, 5.74) is 7.09. The number of fused-ring (bicyclic) bond motifs is 2. The van der Waals surface area contributed by atoms with Crippen molar-refractivity contribution in [3.8, 4) is 0 Å². The molecule has 1 nitrogen and oxygen atoms in total. The van der Waals surface area contributed by atoms with Crippen LogP contribution in [-0.4, -0.2) is 5.54 Å². The maximum atomic E-state index is 6.10. The molecule has 0 spiro atoms. The lowest BCUT2D eigenvalue weighted by Gasteiger charge is -2.59. The Hall–Kier alpha value is -0.0400. The van der Waals surface area contributed by atoms with Crippen molar-refractivity contribution in [2.45, 2.75) is 51.0 Å². The molecule has 58 valence electrons. The fraction of sp³-hybridized carbons (Fsp3) is 1.00. The lowest BCUT2D eigenvalue weighted by atomic mass is 9.49. The van der Waals surface area contributed by atoms with Crippen LogP contribution in [0.3, 0.4) is 0 Å². The SMILES string of the molecule is CCC12CCCC(N)(C1)C2. The number of hydrogen-bond acceptors (Lipinski definition) is 1. The highest BCUT2D eigenvalue weighted by Gasteiger charge is 2.53. The van der Waals surface area contributed by atoms with Crippen molar-refractivity contribution in [2.75, 3.05) is 0 Å². The van der Waals surface area contributed by atoms with Crippen molar-refractivity contribution in [2.24, 2.45) is 11.1 Å². The van der Waals surface area contributed by atoms with Crippen LogP contribution < -0.4 is 5.73 Å². The van der Waals surface area contributed by atoms with Crippen molar-refractivity contribution in [1.29, 1.82) is 0 Å². The van der Waals surface area contributed by atoms with Crippen molar-refractivity contribution >= 4 is 0 Å². The van der Waals surface area contributed by atoms with Crippen molar-refractivity contribution in [3.05, 3.63) is 0 Å². The van der Waals surface area contributed by atoms with Crippen molar-refractivity contribution in [3.63, 3.8) is 0 Å². The summed E-state index contributed by atoms with van der Waals surface area (Å²) in [6.45, 7) is 2.31. The first-order valence-electron chi connectivity index (χ1n) is 4.47. The van der Waals surface area contributed by atoms with E-state index in [1.807, 2.05) is 0 Å². The summed E-state index contributed by atoms with van der Waals surface area (Å²) >= 11 is 0. The first-order chi connectivity index (χ1) is 4.68. The molecule has 0 saturated heterocycles. The van der Waals surface area contributed by atoms with Crippen LogP contribution in [-0.2, 0) is 0 Å². The van der Waals surface area contributed by atoms with Crippen LogP contribution >= 0.6 is 0 Å². The van der Waals surface area contributed by atoms with Gasteiger partial charge in [-0.3, -0.25) is 0 Å². The average molecular weight is 139 g/mol. The highest BCUT2D eigenvalue weighted by Crippen LogP contribution is 2.58. The van der Waals surface area contributed by atoms with E-state index < -0.39 is 0 Å². The number of rotatable bonds is 1. The molecule has 0 aromatic carbocycles. The molecule has 10 heavy (non-hydrogen) atoms. The maximum absolute atomic E-state index is 6.10. The van der Waals surface area contributed by atoms with Gasteiger partial charge in [0, 0.05) is 5.54 Å². The Kier molecular flexibility index (Phi) is 1.17. The fourth-order valence-corrected chi connectivity index (χ4v) is 3.04. The predicted molar refractivity (Wildman–Crippen MR) is 42.7 cm³/mol. The zero-order valence-electron chi connectivity index (χ0n) is 6.82. The Morgan fingerprint density at radius 3 is 2.40 bits per heavy atom. The summed E-state index contributed by atoms with van der Waals surface area (Å²) in [7, 11) is 0. The largest absolute Gasteiger partial charge is 0.325 e. The molecule has 0 aromatic heterocycles. The zero-order chi connectivity index (χ0) is 7.24. The quantitative estimate of drug-likeness (QED) is 0.591. The zero-order valence-corrected chi connectivity index (χ0v) is 6.82. The van der Waals surface area contributed by atoms with Gasteiger partial charge in [0.25, 0.3) is 0 Å². The van der Waals surface area contributed by atoms with Crippen LogP contribution in [0.2, 0.25) is 0 Å². The minimum absolute atomic E-state index is 0.286. The topological polar surface area (TPSA) is 26.0 Å². The van der Waals surface area contributed by atoms with Crippen molar-refractivity contribution < 1.29 is 0 Å². The summed E-state index contributed by atoms with van der Waals surface area (Å²) in [6.07, 6.45) is 8.10. The lowest BCUT2D eigenvalue weighted by Crippen LogP contribution is -2.60. The fourth-order valence-electron chi connectivity index (χ4n) is 3.04. The second-order valence-electron chi connectivity index (χ2n) is 4.42. The molecule has 0 atom stereocenters. The maximum Gasteiger partial charge on any atom is 0.0165 e. The van der Waals surface area contributed by atoms with Gasteiger partial charge in [-0.25, -0.2) is 0 Å². The van der Waals surface area contributed by atoms with E-state index >= 15 is 0 Å². The Balaban J connectivity index is 2.08. The van der Waals surface area contributed by atoms with Gasteiger partial charge in [-0.2, -0.15) is 0 Å². The van der Waals surface area contributed by atoms with Gasteiger partial charge in [0.2, 0.25) is 0 Å². The molecule has 1 heteroatoms. The monoisotopic (exact) mass is 139 g/mol. The molecule has 0 amide bonds. The van der Waals surface area contributed by atoms with E-state index in [0.29, 0.717) is 5.41 Å². The normalized spacial score (nSPS) is 52.2. The molecule has 0 radical (unpaired) electrons. The van der Waals surface area contributed by atoms with E-state index in [9.17, 15) is 0 Å². The van der Waals surface area contributed by atoms with Crippen LogP contribution in [0.25, 0.3) is 0 Å². The van der Waals surface area contributed by atoms with Crippen LogP contribution in [0, 0.1) is 5.41 Å². The Morgan fingerprint density at radius 2 is 2.00 bits per heavy atom. The molecule has 3 aliphatic rings. The summed E-state index contributed by atoms with van der Waals surface area (Å²) in [4.78, 5) is 0. The van der Waals surface area contributed by atoms with E-state index in [-0.39, 0.29) is 5.54 Å². The van der Waals surface area contributed by atoms with Gasteiger partial charge in [0.1, 0.15) is 0 Å². The minimum Gasteiger partial charge on any atom is -0.325 e. The molecule has 0 aromatic rings. The van der Waals surface area contributed by atoms with Gasteiger partial charge in [-0.15, -0.1) is 0 Å². The first-order valence-corrected chi connectivity index (χ1v) is 4.47. The van der Waals surface area contributed by atoms with Gasteiger partial charge in [-0.1, -0.05) is 19.8 Å². The molecular weight excluding hydrogens is 122 g/mol. The summed E-state index contributed by atoms with van der Waals surface area (Å²) in [5, 5.41) is 0. The van der Waals surface area contributed by atoms with Gasteiger partial charge in [-0.05, 0) is 31.1 Å². The van der Waals surface area contributed by atoms with Crippen molar-refractivity contribution in [1.82, 2.24) is 0 Å². The Morgan fingerprint density at radius 1 is 1.30 bits per heavy atom. The molecule has 3 saturated carbocycles. The third kappa shape index (κ3) is 0.731. The first kappa shape index (κ1) is 6.66. The molecule has 0 heterocycles.